The number of piperidine rings is 1. The van der Waals surface area contributed by atoms with Gasteiger partial charge in [-0.25, -0.2) is 4.98 Å². The van der Waals surface area contributed by atoms with Crippen LogP contribution in [0, 0.1) is 5.92 Å². The first-order valence-electron chi connectivity index (χ1n) is 7.68. The van der Waals surface area contributed by atoms with E-state index in [0.717, 1.165) is 50.6 Å². The van der Waals surface area contributed by atoms with Crippen molar-refractivity contribution in [1.29, 1.82) is 0 Å². The summed E-state index contributed by atoms with van der Waals surface area (Å²) in [6.45, 7) is 4.39. The molecule has 0 unspecified atom stereocenters. The van der Waals surface area contributed by atoms with Gasteiger partial charge >= 0.3 is 0 Å². The van der Waals surface area contributed by atoms with E-state index in [1.807, 2.05) is 11.6 Å². The number of hydrogen-bond donors (Lipinski definition) is 0. The van der Waals surface area contributed by atoms with Crippen LogP contribution in [0.3, 0.4) is 0 Å². The average molecular weight is 309 g/mol. The van der Waals surface area contributed by atoms with Gasteiger partial charge < -0.3 is 9.64 Å². The van der Waals surface area contributed by atoms with Gasteiger partial charge in [0.05, 0.1) is 12.6 Å². The standard InChI is InChI=1S/C15H23N3O2S/c1-20-13-4-6-17(10-13)11-14(19)12-2-7-18(8-3-12)15-16-5-9-21-15/h5,9,12-13H,2-4,6-8,10-11H2,1H3/t13-/m0/s1. The highest BCUT2D eigenvalue weighted by molar-refractivity contribution is 7.13. The van der Waals surface area contributed by atoms with E-state index in [2.05, 4.69) is 14.8 Å². The SMILES string of the molecule is CO[C@H]1CCN(CC(=O)C2CCN(c3nccs3)CC2)C1. The van der Waals surface area contributed by atoms with Crippen molar-refractivity contribution in [2.45, 2.75) is 25.4 Å². The Labute approximate surface area is 129 Å². The molecule has 0 saturated carbocycles. The van der Waals surface area contributed by atoms with E-state index in [9.17, 15) is 4.79 Å². The molecule has 2 fully saturated rings. The summed E-state index contributed by atoms with van der Waals surface area (Å²) in [4.78, 5) is 21.3. The van der Waals surface area contributed by atoms with Crippen LogP contribution in [-0.4, -0.2) is 61.6 Å². The third-order valence-electron chi connectivity index (χ3n) is 4.58. The molecule has 3 rings (SSSR count). The van der Waals surface area contributed by atoms with Crippen LogP contribution in [-0.2, 0) is 9.53 Å². The molecule has 0 N–H and O–H groups in total. The summed E-state index contributed by atoms with van der Waals surface area (Å²) in [6.07, 6.45) is 5.12. The van der Waals surface area contributed by atoms with Gasteiger partial charge in [0.2, 0.25) is 0 Å². The Morgan fingerprint density at radius 1 is 1.38 bits per heavy atom. The van der Waals surface area contributed by atoms with E-state index >= 15 is 0 Å². The van der Waals surface area contributed by atoms with Crippen LogP contribution in [0.5, 0.6) is 0 Å². The van der Waals surface area contributed by atoms with E-state index in [1.54, 1.807) is 18.4 Å². The van der Waals surface area contributed by atoms with Crippen LogP contribution in [0.25, 0.3) is 0 Å². The van der Waals surface area contributed by atoms with Crippen molar-refractivity contribution in [2.24, 2.45) is 5.92 Å². The molecule has 5 nitrogen and oxygen atoms in total. The van der Waals surface area contributed by atoms with Crippen LogP contribution < -0.4 is 4.90 Å². The molecule has 0 amide bonds. The lowest BCUT2D eigenvalue weighted by Crippen LogP contribution is -2.39. The van der Waals surface area contributed by atoms with Crippen molar-refractivity contribution in [3.8, 4) is 0 Å². The molecule has 1 atom stereocenters. The third-order valence-corrected chi connectivity index (χ3v) is 5.41. The fourth-order valence-electron chi connectivity index (χ4n) is 3.25. The number of ether oxygens (including phenoxy) is 1. The molecule has 1 aromatic heterocycles. The van der Waals surface area contributed by atoms with Crippen LogP contribution in [0.1, 0.15) is 19.3 Å². The quantitative estimate of drug-likeness (QED) is 0.827. The number of rotatable bonds is 5. The van der Waals surface area contributed by atoms with Crippen LogP contribution >= 0.6 is 11.3 Å². The Hall–Kier alpha value is -0.980. The predicted octanol–water partition coefficient (Wildman–Crippen LogP) is 1.65. The minimum absolute atomic E-state index is 0.225. The van der Waals surface area contributed by atoms with Gasteiger partial charge in [-0.1, -0.05) is 0 Å². The van der Waals surface area contributed by atoms with Gasteiger partial charge in [0.1, 0.15) is 5.78 Å². The van der Waals surface area contributed by atoms with E-state index in [1.165, 1.54) is 0 Å². The summed E-state index contributed by atoms with van der Waals surface area (Å²) in [5, 5.41) is 3.09. The third kappa shape index (κ3) is 3.62. The number of hydrogen-bond acceptors (Lipinski definition) is 6. The molecular formula is C15H23N3O2S. The molecule has 0 bridgehead atoms. The van der Waals surface area contributed by atoms with Crippen molar-refractivity contribution in [3.63, 3.8) is 0 Å². The molecule has 0 spiro atoms. The zero-order chi connectivity index (χ0) is 14.7. The summed E-state index contributed by atoms with van der Waals surface area (Å²) in [5.41, 5.74) is 0. The molecule has 2 aliphatic rings. The van der Waals surface area contributed by atoms with Crippen molar-refractivity contribution in [1.82, 2.24) is 9.88 Å². The first kappa shape index (κ1) is 14.9. The zero-order valence-corrected chi connectivity index (χ0v) is 13.3. The number of thiazole rings is 1. The maximum Gasteiger partial charge on any atom is 0.185 e. The van der Waals surface area contributed by atoms with E-state index in [0.29, 0.717) is 18.4 Å². The minimum atomic E-state index is 0.225. The number of aromatic nitrogens is 1. The Balaban J connectivity index is 1.45. The molecular weight excluding hydrogens is 286 g/mol. The maximum atomic E-state index is 12.4. The monoisotopic (exact) mass is 309 g/mol. The number of likely N-dealkylation sites (tertiary alicyclic amines) is 1. The van der Waals surface area contributed by atoms with Crippen molar-refractivity contribution < 1.29 is 9.53 Å². The fraction of sp³-hybridized carbons (Fsp3) is 0.733. The summed E-state index contributed by atoms with van der Waals surface area (Å²) >= 11 is 1.68. The largest absolute Gasteiger partial charge is 0.380 e. The second-order valence-electron chi connectivity index (χ2n) is 5.92. The van der Waals surface area contributed by atoms with Gasteiger partial charge in [0.15, 0.2) is 5.13 Å². The Kier molecular flexibility index (Phi) is 4.87. The van der Waals surface area contributed by atoms with Gasteiger partial charge in [-0.05, 0) is 19.3 Å². The average Bonchev–Trinajstić information content (AvgIpc) is 3.19. The Bertz CT molecular complexity index is 457. The van der Waals surface area contributed by atoms with Crippen LogP contribution in [0.2, 0.25) is 0 Å². The first-order valence-corrected chi connectivity index (χ1v) is 8.56. The Morgan fingerprint density at radius 3 is 2.81 bits per heavy atom. The maximum absolute atomic E-state index is 12.4. The normalized spacial score (nSPS) is 24.6. The molecule has 2 saturated heterocycles. The van der Waals surface area contributed by atoms with Crippen LogP contribution in [0.15, 0.2) is 11.6 Å². The highest BCUT2D eigenvalue weighted by Crippen LogP contribution is 2.25. The van der Waals surface area contributed by atoms with Gasteiger partial charge in [0.25, 0.3) is 0 Å². The summed E-state index contributed by atoms with van der Waals surface area (Å²) < 4.78 is 5.36. The van der Waals surface area contributed by atoms with Crippen LogP contribution in [0.4, 0.5) is 5.13 Å². The second kappa shape index (κ2) is 6.85. The molecule has 2 aliphatic heterocycles. The summed E-state index contributed by atoms with van der Waals surface area (Å²) in [7, 11) is 1.75. The van der Waals surface area contributed by atoms with Crippen molar-refractivity contribution in [3.05, 3.63) is 11.6 Å². The zero-order valence-electron chi connectivity index (χ0n) is 12.5. The molecule has 3 heterocycles. The van der Waals surface area contributed by atoms with Gasteiger partial charge in [-0.3, -0.25) is 9.69 Å². The fourth-order valence-corrected chi connectivity index (χ4v) is 3.94. The van der Waals surface area contributed by atoms with E-state index in [4.69, 9.17) is 4.74 Å². The lowest BCUT2D eigenvalue weighted by atomic mass is 9.92. The summed E-state index contributed by atoms with van der Waals surface area (Å²) in [6, 6.07) is 0. The molecule has 116 valence electrons. The van der Waals surface area contributed by atoms with Gasteiger partial charge in [-0.2, -0.15) is 0 Å². The van der Waals surface area contributed by atoms with Crippen molar-refractivity contribution >= 4 is 22.3 Å². The first-order chi connectivity index (χ1) is 10.3. The number of methoxy groups -OCH3 is 1. The molecule has 0 radical (unpaired) electrons. The molecule has 21 heavy (non-hydrogen) atoms. The molecule has 0 aromatic carbocycles. The highest BCUT2D eigenvalue weighted by atomic mass is 32.1. The second-order valence-corrected chi connectivity index (χ2v) is 6.80. The lowest BCUT2D eigenvalue weighted by molar-refractivity contribution is -0.124. The highest BCUT2D eigenvalue weighted by Gasteiger charge is 2.29. The molecule has 0 aliphatic carbocycles. The number of carbonyl (C=O) groups is 1. The number of Topliss-reactive ketones (excluding diaryl/α,β-unsaturated/α-hetero) is 1. The topological polar surface area (TPSA) is 45.7 Å². The number of nitrogens with zero attached hydrogens (tertiary/aromatic N) is 3. The van der Waals surface area contributed by atoms with E-state index < -0.39 is 0 Å². The summed E-state index contributed by atoms with van der Waals surface area (Å²) in [5.74, 6) is 0.633. The van der Waals surface area contributed by atoms with E-state index in [-0.39, 0.29) is 5.92 Å². The molecule has 1 aromatic rings. The number of anilines is 1. The minimum Gasteiger partial charge on any atom is -0.380 e. The number of carbonyl (C=O) groups excluding carboxylic acids is 1. The van der Waals surface area contributed by atoms with Crippen molar-refractivity contribution in [2.75, 3.05) is 44.7 Å². The molecule has 6 heteroatoms. The van der Waals surface area contributed by atoms with Gasteiger partial charge in [-0.15, -0.1) is 11.3 Å². The number of ketones is 1. The predicted molar refractivity (Wildman–Crippen MR) is 83.9 cm³/mol. The Morgan fingerprint density at radius 2 is 2.19 bits per heavy atom. The lowest BCUT2D eigenvalue weighted by Gasteiger charge is -2.31. The van der Waals surface area contributed by atoms with Gasteiger partial charge in [0, 0.05) is 50.8 Å². The smallest absolute Gasteiger partial charge is 0.185 e.